The van der Waals surface area contributed by atoms with E-state index in [1.54, 1.807) is 4.90 Å². The van der Waals surface area contributed by atoms with Gasteiger partial charge >= 0.3 is 0 Å². The van der Waals surface area contributed by atoms with E-state index in [9.17, 15) is 14.4 Å². The summed E-state index contributed by atoms with van der Waals surface area (Å²) in [6.07, 6.45) is 2.24. The van der Waals surface area contributed by atoms with E-state index in [2.05, 4.69) is 41.4 Å². The molecule has 2 aromatic rings. The lowest BCUT2D eigenvalue weighted by Crippen LogP contribution is -2.47. The first-order valence-corrected chi connectivity index (χ1v) is 12.8. The lowest BCUT2D eigenvalue weighted by molar-refractivity contribution is -0.140. The fourth-order valence-corrected chi connectivity index (χ4v) is 4.59. The first kappa shape index (κ1) is 27.5. The zero-order chi connectivity index (χ0) is 26.1. The van der Waals surface area contributed by atoms with Gasteiger partial charge in [0.2, 0.25) is 29.3 Å². The van der Waals surface area contributed by atoms with Crippen molar-refractivity contribution in [1.29, 1.82) is 0 Å². The lowest BCUT2D eigenvalue weighted by atomic mass is 9.76. The van der Waals surface area contributed by atoms with E-state index in [-0.39, 0.29) is 29.5 Å². The molecule has 2 amide bonds. The van der Waals surface area contributed by atoms with Crippen LogP contribution in [0.15, 0.2) is 34.9 Å². The standard InChI is InChI=1S/C27H38N4O5/c1-5-21(24(33)25-29-22(6-2)36-30-25)28-26(34)20(16-23(32)31-12-14-35-15-13-31)18-27(3,4)17-19-10-8-7-9-11-19/h7-11,20-21H,5-6,12-18H2,1-4H3,(H,28,34)/t20-,21-/m0/s1. The van der Waals surface area contributed by atoms with Crippen LogP contribution in [0.1, 0.15) is 69.0 Å². The van der Waals surface area contributed by atoms with Crippen molar-refractivity contribution in [2.75, 3.05) is 26.3 Å². The number of rotatable bonds is 12. The molecule has 0 saturated carbocycles. The van der Waals surface area contributed by atoms with E-state index in [0.29, 0.717) is 51.5 Å². The number of ether oxygens (including phenoxy) is 1. The molecule has 9 nitrogen and oxygen atoms in total. The summed E-state index contributed by atoms with van der Waals surface area (Å²) in [6, 6.07) is 9.31. The molecule has 0 bridgehead atoms. The molecule has 0 radical (unpaired) electrons. The Hall–Kier alpha value is -3.07. The van der Waals surface area contributed by atoms with Gasteiger partial charge in [-0.3, -0.25) is 14.4 Å². The van der Waals surface area contributed by atoms with Crippen LogP contribution >= 0.6 is 0 Å². The molecule has 196 valence electrons. The van der Waals surface area contributed by atoms with Gasteiger partial charge in [-0.15, -0.1) is 0 Å². The van der Waals surface area contributed by atoms with E-state index in [0.717, 1.165) is 6.42 Å². The maximum absolute atomic E-state index is 13.5. The molecule has 0 unspecified atom stereocenters. The van der Waals surface area contributed by atoms with Gasteiger partial charge in [-0.25, -0.2) is 0 Å². The summed E-state index contributed by atoms with van der Waals surface area (Å²) >= 11 is 0. The van der Waals surface area contributed by atoms with Crippen molar-refractivity contribution in [1.82, 2.24) is 20.4 Å². The molecule has 0 spiro atoms. The highest BCUT2D eigenvalue weighted by molar-refractivity contribution is 5.99. The summed E-state index contributed by atoms with van der Waals surface area (Å²) in [4.78, 5) is 45.5. The number of Topliss-reactive ketones (excluding diaryl/α,β-unsaturated/α-hetero) is 1. The number of nitrogens with one attached hydrogen (secondary N) is 1. The first-order valence-electron chi connectivity index (χ1n) is 12.8. The minimum Gasteiger partial charge on any atom is -0.378 e. The number of aromatic nitrogens is 2. The van der Waals surface area contributed by atoms with Crippen molar-refractivity contribution in [2.45, 2.75) is 65.8 Å². The largest absolute Gasteiger partial charge is 0.378 e. The Bertz CT molecular complexity index is 1010. The van der Waals surface area contributed by atoms with Gasteiger partial charge in [-0.05, 0) is 30.2 Å². The number of nitrogens with zero attached hydrogens (tertiary/aromatic N) is 3. The molecular formula is C27H38N4O5. The molecule has 1 saturated heterocycles. The Balaban J connectivity index is 1.75. The van der Waals surface area contributed by atoms with Crippen molar-refractivity contribution in [2.24, 2.45) is 11.3 Å². The molecule has 1 aromatic heterocycles. The number of amides is 2. The Labute approximate surface area is 213 Å². The molecule has 2 atom stereocenters. The molecule has 2 heterocycles. The van der Waals surface area contributed by atoms with E-state index in [1.807, 2.05) is 32.0 Å². The van der Waals surface area contributed by atoms with E-state index >= 15 is 0 Å². The maximum Gasteiger partial charge on any atom is 0.240 e. The third kappa shape index (κ3) is 7.71. The fourth-order valence-electron chi connectivity index (χ4n) is 4.59. The van der Waals surface area contributed by atoms with Crippen LogP contribution in [-0.4, -0.2) is 65.0 Å². The topological polar surface area (TPSA) is 115 Å². The van der Waals surface area contributed by atoms with E-state index in [1.165, 1.54) is 5.56 Å². The van der Waals surface area contributed by atoms with Crippen molar-refractivity contribution in [3.05, 3.63) is 47.6 Å². The average molecular weight is 499 g/mol. The third-order valence-corrected chi connectivity index (χ3v) is 6.51. The van der Waals surface area contributed by atoms with Crippen molar-refractivity contribution in [3.8, 4) is 0 Å². The highest BCUT2D eigenvalue weighted by atomic mass is 16.5. The first-order chi connectivity index (χ1) is 17.2. The number of benzene rings is 1. The van der Waals surface area contributed by atoms with Gasteiger partial charge in [0.25, 0.3) is 0 Å². The van der Waals surface area contributed by atoms with Crippen molar-refractivity contribution >= 4 is 17.6 Å². The van der Waals surface area contributed by atoms with Crippen LogP contribution in [0.2, 0.25) is 0 Å². The summed E-state index contributed by atoms with van der Waals surface area (Å²) < 4.78 is 10.4. The highest BCUT2D eigenvalue weighted by Gasteiger charge is 2.34. The van der Waals surface area contributed by atoms with Crippen molar-refractivity contribution in [3.63, 3.8) is 0 Å². The second-order valence-electron chi connectivity index (χ2n) is 10.1. The smallest absolute Gasteiger partial charge is 0.240 e. The Morgan fingerprint density at radius 3 is 2.42 bits per heavy atom. The lowest BCUT2D eigenvalue weighted by Gasteiger charge is -2.32. The van der Waals surface area contributed by atoms with Crippen LogP contribution in [0.4, 0.5) is 0 Å². The maximum atomic E-state index is 13.5. The minimum absolute atomic E-state index is 0.0376. The molecule has 1 aliphatic rings. The molecule has 3 rings (SSSR count). The van der Waals surface area contributed by atoms with Gasteiger partial charge in [0.15, 0.2) is 0 Å². The summed E-state index contributed by atoms with van der Waals surface area (Å²) in [5.41, 5.74) is 0.927. The average Bonchev–Trinajstić information content (AvgIpc) is 3.36. The molecule has 36 heavy (non-hydrogen) atoms. The molecule has 1 fully saturated rings. The van der Waals surface area contributed by atoms with Crippen LogP contribution in [-0.2, 0) is 27.2 Å². The van der Waals surface area contributed by atoms with Gasteiger partial charge in [0.05, 0.1) is 19.3 Å². The fraction of sp³-hybridized carbons (Fsp3) is 0.593. The van der Waals surface area contributed by atoms with Gasteiger partial charge in [-0.2, -0.15) is 4.98 Å². The number of hydrogen-bond acceptors (Lipinski definition) is 7. The summed E-state index contributed by atoms with van der Waals surface area (Å²) in [5, 5.41) is 6.65. The second kappa shape index (κ2) is 12.8. The minimum atomic E-state index is -0.793. The summed E-state index contributed by atoms with van der Waals surface area (Å²) in [7, 11) is 0. The van der Waals surface area contributed by atoms with E-state index in [4.69, 9.17) is 9.26 Å². The SMILES string of the molecule is CCc1nc(C(=O)[C@H](CC)NC(=O)[C@@H](CC(=O)N2CCOCC2)CC(C)(C)Cc2ccccc2)no1. The number of hydrogen-bond donors (Lipinski definition) is 1. The molecule has 1 N–H and O–H groups in total. The molecule has 1 aromatic carbocycles. The summed E-state index contributed by atoms with van der Waals surface area (Å²) in [5.74, 6) is -1.02. The van der Waals surface area contributed by atoms with Crippen LogP contribution in [0.25, 0.3) is 0 Å². The molecule has 1 aliphatic heterocycles. The number of carbonyl (C=O) groups excluding carboxylic acids is 3. The predicted molar refractivity (Wildman–Crippen MR) is 134 cm³/mol. The Morgan fingerprint density at radius 1 is 1.11 bits per heavy atom. The van der Waals surface area contributed by atoms with Crippen LogP contribution < -0.4 is 5.32 Å². The van der Waals surface area contributed by atoms with Crippen molar-refractivity contribution < 1.29 is 23.6 Å². The normalized spacial score (nSPS) is 15.8. The Morgan fingerprint density at radius 2 is 1.81 bits per heavy atom. The zero-order valence-corrected chi connectivity index (χ0v) is 21.8. The second-order valence-corrected chi connectivity index (χ2v) is 10.1. The van der Waals surface area contributed by atoms with Gasteiger partial charge in [0, 0.05) is 31.8 Å². The quantitative estimate of drug-likeness (QED) is 0.447. The molecular weight excluding hydrogens is 460 g/mol. The van der Waals surface area contributed by atoms with Crippen LogP contribution in [0.5, 0.6) is 0 Å². The van der Waals surface area contributed by atoms with E-state index < -0.39 is 17.7 Å². The molecule has 0 aliphatic carbocycles. The number of morpholine rings is 1. The number of carbonyl (C=O) groups is 3. The monoisotopic (exact) mass is 498 g/mol. The Kier molecular flexibility index (Phi) is 9.75. The van der Waals surface area contributed by atoms with Gasteiger partial charge in [0.1, 0.15) is 0 Å². The van der Waals surface area contributed by atoms with Gasteiger partial charge < -0.3 is 19.5 Å². The molecule has 9 heteroatoms. The number of ketones is 1. The predicted octanol–water partition coefficient (Wildman–Crippen LogP) is 3.23. The zero-order valence-electron chi connectivity index (χ0n) is 21.8. The van der Waals surface area contributed by atoms with Gasteiger partial charge in [-0.1, -0.05) is 63.2 Å². The summed E-state index contributed by atoms with van der Waals surface area (Å²) in [6.45, 7) is 9.92. The third-order valence-electron chi connectivity index (χ3n) is 6.51. The number of aryl methyl sites for hydroxylation is 1. The highest BCUT2D eigenvalue weighted by Crippen LogP contribution is 2.32. The van der Waals surface area contributed by atoms with Crippen LogP contribution in [0.3, 0.4) is 0 Å². The van der Waals surface area contributed by atoms with Crippen LogP contribution in [0, 0.1) is 11.3 Å².